The minimum absolute atomic E-state index is 0.143. The number of halogens is 2. The predicted octanol–water partition coefficient (Wildman–Crippen LogP) is 1.86. The number of fused-ring (bicyclic) bond motifs is 1. The molecule has 0 atom stereocenters. The van der Waals surface area contributed by atoms with Gasteiger partial charge in [0.2, 0.25) is 5.95 Å². The zero-order valence-electron chi connectivity index (χ0n) is 14.2. The summed E-state index contributed by atoms with van der Waals surface area (Å²) in [7, 11) is 5.57. The zero-order chi connectivity index (χ0) is 18.1. The van der Waals surface area contributed by atoms with E-state index in [1.807, 2.05) is 19.0 Å². The topological polar surface area (TPSA) is 84.9 Å². The molecule has 2 aromatic heterocycles. The number of hydrogen-bond donors (Lipinski definition) is 2. The summed E-state index contributed by atoms with van der Waals surface area (Å²) in [5, 5.41) is 7.77. The molecule has 0 saturated heterocycles. The van der Waals surface area contributed by atoms with Crippen LogP contribution in [0.2, 0.25) is 0 Å². The second-order valence-corrected chi connectivity index (χ2v) is 5.96. The number of aromatic nitrogens is 4. The summed E-state index contributed by atoms with van der Waals surface area (Å²) < 4.78 is 29.0. The van der Waals surface area contributed by atoms with Crippen LogP contribution < -0.4 is 11.1 Å². The number of likely N-dealkylation sites (N-methyl/N-ethyl adjacent to an activating group) is 1. The molecule has 132 valence electrons. The Hall–Kier alpha value is -2.81. The molecular formula is C16H19F2N7. The van der Waals surface area contributed by atoms with E-state index in [2.05, 4.69) is 20.4 Å². The average Bonchev–Trinajstić information content (AvgIpc) is 2.81. The van der Waals surface area contributed by atoms with E-state index < -0.39 is 11.6 Å². The lowest BCUT2D eigenvalue weighted by Crippen LogP contribution is -2.21. The van der Waals surface area contributed by atoms with Crippen molar-refractivity contribution in [2.45, 2.75) is 0 Å². The molecule has 3 aromatic rings. The van der Waals surface area contributed by atoms with Crippen LogP contribution in [0.3, 0.4) is 0 Å². The van der Waals surface area contributed by atoms with E-state index in [1.54, 1.807) is 7.05 Å². The van der Waals surface area contributed by atoms with E-state index in [9.17, 15) is 8.78 Å². The van der Waals surface area contributed by atoms with Gasteiger partial charge in [-0.3, -0.25) is 4.68 Å². The molecule has 0 spiro atoms. The maximum Gasteiger partial charge on any atom is 0.225 e. The molecule has 0 saturated carbocycles. The van der Waals surface area contributed by atoms with Crippen molar-refractivity contribution in [2.24, 2.45) is 7.05 Å². The minimum atomic E-state index is -0.720. The van der Waals surface area contributed by atoms with Gasteiger partial charge in [-0.2, -0.15) is 10.1 Å². The molecule has 1 aromatic carbocycles. The number of aryl methyl sites for hydroxylation is 1. The van der Waals surface area contributed by atoms with Crippen molar-refractivity contribution in [2.75, 3.05) is 38.2 Å². The summed E-state index contributed by atoms with van der Waals surface area (Å²) in [6.45, 7) is 1.37. The number of rotatable bonds is 5. The van der Waals surface area contributed by atoms with Gasteiger partial charge in [0.15, 0.2) is 5.65 Å². The van der Waals surface area contributed by atoms with Gasteiger partial charge in [0.25, 0.3) is 0 Å². The van der Waals surface area contributed by atoms with Gasteiger partial charge in [-0.15, -0.1) is 0 Å². The van der Waals surface area contributed by atoms with Crippen molar-refractivity contribution in [1.29, 1.82) is 0 Å². The van der Waals surface area contributed by atoms with Crippen molar-refractivity contribution in [3.8, 4) is 11.3 Å². The fourth-order valence-electron chi connectivity index (χ4n) is 2.46. The Balaban J connectivity index is 2.13. The number of nitrogens with one attached hydrogen (secondary N) is 1. The SMILES string of the molecule is CN(C)CCNc1nc(-c2ccc(F)cc2F)c2c(N)n(C)nc2n1. The van der Waals surface area contributed by atoms with Crippen molar-refractivity contribution >= 4 is 22.8 Å². The molecule has 0 radical (unpaired) electrons. The van der Waals surface area contributed by atoms with Crippen molar-refractivity contribution in [3.05, 3.63) is 29.8 Å². The molecule has 0 aliphatic carbocycles. The summed E-state index contributed by atoms with van der Waals surface area (Å²) in [4.78, 5) is 10.7. The van der Waals surface area contributed by atoms with E-state index in [4.69, 9.17) is 5.73 Å². The predicted molar refractivity (Wildman–Crippen MR) is 93.1 cm³/mol. The van der Waals surface area contributed by atoms with E-state index >= 15 is 0 Å². The Bertz CT molecular complexity index is 920. The van der Waals surface area contributed by atoms with Gasteiger partial charge in [-0.1, -0.05) is 0 Å². The highest BCUT2D eigenvalue weighted by Crippen LogP contribution is 2.32. The largest absolute Gasteiger partial charge is 0.383 e. The zero-order valence-corrected chi connectivity index (χ0v) is 14.2. The number of anilines is 2. The normalized spacial score (nSPS) is 11.4. The summed E-state index contributed by atoms with van der Waals surface area (Å²) in [5.41, 5.74) is 6.81. The van der Waals surface area contributed by atoms with E-state index in [1.165, 1.54) is 16.8 Å². The molecule has 3 N–H and O–H groups in total. The quantitative estimate of drug-likeness (QED) is 0.733. The van der Waals surface area contributed by atoms with Gasteiger partial charge < -0.3 is 16.0 Å². The molecule has 0 unspecified atom stereocenters. The van der Waals surface area contributed by atoms with Crippen LogP contribution in [0.4, 0.5) is 20.5 Å². The van der Waals surface area contributed by atoms with Gasteiger partial charge in [-0.05, 0) is 26.2 Å². The molecule has 2 heterocycles. The van der Waals surface area contributed by atoms with E-state index in [0.717, 1.165) is 12.6 Å². The summed E-state index contributed by atoms with van der Waals surface area (Å²) in [6.07, 6.45) is 0. The third-order valence-corrected chi connectivity index (χ3v) is 3.77. The van der Waals surface area contributed by atoms with Gasteiger partial charge >= 0.3 is 0 Å². The Kier molecular flexibility index (Phi) is 4.49. The molecule has 25 heavy (non-hydrogen) atoms. The van der Waals surface area contributed by atoms with Gasteiger partial charge in [0, 0.05) is 31.8 Å². The maximum atomic E-state index is 14.3. The number of benzene rings is 1. The first-order valence-corrected chi connectivity index (χ1v) is 7.71. The highest BCUT2D eigenvalue weighted by Gasteiger charge is 2.19. The fourth-order valence-corrected chi connectivity index (χ4v) is 2.46. The Labute approximate surface area is 143 Å². The molecule has 0 aliphatic rings. The number of hydrogen-bond acceptors (Lipinski definition) is 6. The average molecular weight is 347 g/mol. The molecule has 9 heteroatoms. The van der Waals surface area contributed by atoms with Crippen LogP contribution in [-0.4, -0.2) is 51.8 Å². The highest BCUT2D eigenvalue weighted by atomic mass is 19.1. The van der Waals surface area contributed by atoms with Crippen molar-refractivity contribution in [3.63, 3.8) is 0 Å². The number of nitrogens with two attached hydrogens (primary N) is 1. The monoisotopic (exact) mass is 347 g/mol. The molecule has 0 bridgehead atoms. The van der Waals surface area contributed by atoms with Crippen molar-refractivity contribution in [1.82, 2.24) is 24.6 Å². The third kappa shape index (κ3) is 3.36. The first-order chi connectivity index (χ1) is 11.9. The first kappa shape index (κ1) is 17.0. The highest BCUT2D eigenvalue weighted by molar-refractivity contribution is 5.98. The van der Waals surface area contributed by atoms with Crippen LogP contribution in [0.5, 0.6) is 0 Å². The fraction of sp³-hybridized carbons (Fsp3) is 0.312. The standard InChI is InChI=1S/C16H19F2N7/c1-24(2)7-6-20-16-21-13(10-5-4-9(17)8-11(10)18)12-14(19)25(3)23-15(12)22-16/h4-5,8H,6-7,19H2,1-3H3,(H,20,22,23). The van der Waals surface area contributed by atoms with Crippen LogP contribution >= 0.6 is 0 Å². The Morgan fingerprint density at radius 2 is 2.00 bits per heavy atom. The maximum absolute atomic E-state index is 14.3. The Morgan fingerprint density at radius 1 is 1.24 bits per heavy atom. The molecule has 3 rings (SSSR count). The lowest BCUT2D eigenvalue weighted by Gasteiger charge is -2.11. The van der Waals surface area contributed by atoms with Crippen LogP contribution in [-0.2, 0) is 7.05 Å². The van der Waals surface area contributed by atoms with E-state index in [0.29, 0.717) is 29.3 Å². The number of nitrogens with zero attached hydrogens (tertiary/aromatic N) is 5. The summed E-state index contributed by atoms with van der Waals surface area (Å²) in [6, 6.07) is 3.33. The third-order valence-electron chi connectivity index (χ3n) is 3.77. The molecule has 7 nitrogen and oxygen atoms in total. The van der Waals surface area contributed by atoms with Gasteiger partial charge in [-0.25, -0.2) is 13.8 Å². The van der Waals surface area contributed by atoms with Crippen LogP contribution in [0.1, 0.15) is 0 Å². The summed E-state index contributed by atoms with van der Waals surface area (Å²) in [5.74, 6) is -0.753. The van der Waals surface area contributed by atoms with Crippen LogP contribution in [0, 0.1) is 11.6 Å². The lowest BCUT2D eigenvalue weighted by molar-refractivity contribution is 0.425. The van der Waals surface area contributed by atoms with Crippen LogP contribution in [0.15, 0.2) is 18.2 Å². The lowest BCUT2D eigenvalue weighted by atomic mass is 10.1. The molecule has 0 fully saturated rings. The minimum Gasteiger partial charge on any atom is -0.383 e. The second kappa shape index (κ2) is 6.60. The first-order valence-electron chi connectivity index (χ1n) is 7.71. The van der Waals surface area contributed by atoms with Crippen molar-refractivity contribution < 1.29 is 8.78 Å². The second-order valence-electron chi connectivity index (χ2n) is 5.96. The molecular weight excluding hydrogens is 328 g/mol. The smallest absolute Gasteiger partial charge is 0.225 e. The van der Waals surface area contributed by atoms with Crippen LogP contribution in [0.25, 0.3) is 22.3 Å². The number of nitrogen functional groups attached to an aromatic ring is 1. The van der Waals surface area contributed by atoms with Gasteiger partial charge in [0.1, 0.15) is 17.5 Å². The summed E-state index contributed by atoms with van der Waals surface area (Å²) >= 11 is 0. The van der Waals surface area contributed by atoms with E-state index in [-0.39, 0.29) is 11.3 Å². The van der Waals surface area contributed by atoms with Gasteiger partial charge in [0.05, 0.1) is 11.1 Å². The Morgan fingerprint density at radius 3 is 2.68 bits per heavy atom. The molecule has 0 amide bonds. The molecule has 0 aliphatic heterocycles.